The van der Waals surface area contributed by atoms with Crippen molar-refractivity contribution in [1.29, 1.82) is 0 Å². The molecule has 0 bridgehead atoms. The van der Waals surface area contributed by atoms with E-state index in [0.29, 0.717) is 6.54 Å². The first-order valence-corrected chi connectivity index (χ1v) is 8.01. The highest BCUT2D eigenvalue weighted by molar-refractivity contribution is 5.92. The average molecular weight is 344 g/mol. The zero-order valence-corrected chi connectivity index (χ0v) is 13.5. The van der Waals surface area contributed by atoms with Gasteiger partial charge in [-0.25, -0.2) is 15.0 Å². The third-order valence-corrected chi connectivity index (χ3v) is 4.41. The van der Waals surface area contributed by atoms with Crippen LogP contribution in [0.15, 0.2) is 61.2 Å². The van der Waals surface area contributed by atoms with Crippen LogP contribution < -0.4 is 0 Å². The number of para-hydroxylation sites is 2. The van der Waals surface area contributed by atoms with Crippen LogP contribution in [0.3, 0.4) is 0 Å². The van der Waals surface area contributed by atoms with Crippen molar-refractivity contribution in [2.45, 2.75) is 6.54 Å². The summed E-state index contributed by atoms with van der Waals surface area (Å²) in [4.78, 5) is 24.1. The third-order valence-electron chi connectivity index (χ3n) is 4.41. The van der Waals surface area contributed by atoms with E-state index in [4.69, 9.17) is 0 Å². The minimum atomic E-state index is -0.405. The van der Waals surface area contributed by atoms with E-state index in [1.54, 1.807) is 24.8 Å². The van der Waals surface area contributed by atoms with Crippen LogP contribution in [0.5, 0.6) is 0 Å². The maximum absolute atomic E-state index is 10.8. The molecule has 5 rings (SSSR count). The number of imidazole rings is 2. The van der Waals surface area contributed by atoms with Crippen LogP contribution in [-0.2, 0) is 6.54 Å². The smallest absolute Gasteiger partial charge is 0.269 e. The number of hydrogen-bond acceptors (Lipinski definition) is 5. The predicted molar refractivity (Wildman–Crippen MR) is 96.0 cm³/mol. The molecule has 3 heterocycles. The summed E-state index contributed by atoms with van der Waals surface area (Å²) in [7, 11) is 0. The number of fused-ring (bicyclic) bond motifs is 5. The zero-order valence-electron chi connectivity index (χ0n) is 13.5. The fraction of sp³-hybridized carbons (Fsp3) is 0.0556. The number of hydrogen-bond donors (Lipinski definition) is 0. The molecule has 0 saturated carbocycles. The molecule has 0 aliphatic rings. The molecule has 0 spiro atoms. The number of rotatable bonds is 3. The van der Waals surface area contributed by atoms with Crippen molar-refractivity contribution >= 4 is 33.5 Å². The standard InChI is InChI=1S/C18H12N6O2/c25-24(26)13-7-5-12(6-8-13)9-22-10-19-16-17(22)20-11-23-15-4-2-1-3-14(15)21-18(16)23/h1-8,10-11H,9H2. The Balaban J connectivity index is 1.60. The van der Waals surface area contributed by atoms with Gasteiger partial charge in [0.2, 0.25) is 0 Å². The van der Waals surface area contributed by atoms with E-state index < -0.39 is 4.92 Å². The van der Waals surface area contributed by atoms with Gasteiger partial charge in [0.05, 0.1) is 28.8 Å². The molecule has 2 aromatic carbocycles. The molecule has 0 aliphatic heterocycles. The molecule has 3 aromatic heterocycles. The van der Waals surface area contributed by atoms with Crippen LogP contribution in [0.1, 0.15) is 5.56 Å². The van der Waals surface area contributed by atoms with Gasteiger partial charge < -0.3 is 4.57 Å². The summed E-state index contributed by atoms with van der Waals surface area (Å²) >= 11 is 0. The van der Waals surface area contributed by atoms with E-state index >= 15 is 0 Å². The molecule has 0 radical (unpaired) electrons. The predicted octanol–water partition coefficient (Wildman–Crippen LogP) is 3.19. The van der Waals surface area contributed by atoms with Crippen LogP contribution in [0.2, 0.25) is 0 Å². The van der Waals surface area contributed by atoms with Crippen molar-refractivity contribution in [3.05, 3.63) is 76.9 Å². The second kappa shape index (κ2) is 5.35. The average Bonchev–Trinajstić information content (AvgIpc) is 3.23. The van der Waals surface area contributed by atoms with Gasteiger partial charge in [0, 0.05) is 12.1 Å². The fourth-order valence-corrected chi connectivity index (χ4v) is 3.15. The van der Waals surface area contributed by atoms with Crippen LogP contribution in [0, 0.1) is 10.1 Å². The lowest BCUT2D eigenvalue weighted by Crippen LogP contribution is -2.00. The molecular formula is C18H12N6O2. The first-order chi connectivity index (χ1) is 12.7. The maximum atomic E-state index is 10.8. The lowest BCUT2D eigenvalue weighted by Gasteiger charge is -2.04. The molecule has 0 atom stereocenters. The molecule has 26 heavy (non-hydrogen) atoms. The topological polar surface area (TPSA) is 91.1 Å². The Bertz CT molecular complexity index is 1290. The summed E-state index contributed by atoms with van der Waals surface area (Å²) in [6.45, 7) is 0.526. The molecule has 0 aliphatic carbocycles. The summed E-state index contributed by atoms with van der Waals surface area (Å²) in [5.41, 5.74) is 5.11. The van der Waals surface area contributed by atoms with E-state index in [1.165, 1.54) is 12.1 Å². The number of non-ortho nitro benzene ring substituents is 1. The number of nitrogens with zero attached hydrogens (tertiary/aromatic N) is 6. The van der Waals surface area contributed by atoms with Crippen LogP contribution in [0.4, 0.5) is 5.69 Å². The number of nitro benzene ring substituents is 1. The second-order valence-corrected chi connectivity index (χ2v) is 6.01. The summed E-state index contributed by atoms with van der Waals surface area (Å²) in [6, 6.07) is 14.4. The van der Waals surface area contributed by atoms with Gasteiger partial charge in [-0.2, -0.15) is 0 Å². The van der Waals surface area contributed by atoms with Crippen molar-refractivity contribution in [3.8, 4) is 0 Å². The van der Waals surface area contributed by atoms with E-state index in [1.807, 2.05) is 33.2 Å². The molecule has 0 amide bonds. The minimum Gasteiger partial charge on any atom is -0.311 e. The third kappa shape index (κ3) is 2.12. The lowest BCUT2D eigenvalue weighted by atomic mass is 10.2. The molecule has 8 heteroatoms. The first kappa shape index (κ1) is 14.5. The highest BCUT2D eigenvalue weighted by atomic mass is 16.6. The molecule has 0 saturated heterocycles. The number of benzene rings is 2. The normalized spacial score (nSPS) is 11.5. The highest BCUT2D eigenvalue weighted by Gasteiger charge is 2.13. The van der Waals surface area contributed by atoms with Crippen LogP contribution in [-0.4, -0.2) is 28.8 Å². The lowest BCUT2D eigenvalue weighted by molar-refractivity contribution is -0.384. The molecule has 126 valence electrons. The van der Waals surface area contributed by atoms with Gasteiger partial charge in [0.15, 0.2) is 16.8 Å². The van der Waals surface area contributed by atoms with Gasteiger partial charge >= 0.3 is 0 Å². The minimum absolute atomic E-state index is 0.0770. The number of aromatic nitrogens is 5. The van der Waals surface area contributed by atoms with E-state index in [-0.39, 0.29) is 5.69 Å². The Labute approximate surface area is 146 Å². The molecular weight excluding hydrogens is 332 g/mol. The van der Waals surface area contributed by atoms with Crippen LogP contribution in [0.25, 0.3) is 27.8 Å². The van der Waals surface area contributed by atoms with Crippen molar-refractivity contribution < 1.29 is 4.92 Å². The summed E-state index contributed by atoms with van der Waals surface area (Å²) in [5, 5.41) is 10.8. The van der Waals surface area contributed by atoms with Gasteiger partial charge in [-0.15, -0.1) is 0 Å². The zero-order chi connectivity index (χ0) is 17.7. The van der Waals surface area contributed by atoms with Crippen molar-refractivity contribution in [2.75, 3.05) is 0 Å². The second-order valence-electron chi connectivity index (χ2n) is 6.01. The largest absolute Gasteiger partial charge is 0.311 e. The van der Waals surface area contributed by atoms with E-state index in [9.17, 15) is 10.1 Å². The Morgan fingerprint density at radius 2 is 1.77 bits per heavy atom. The number of nitro groups is 1. The van der Waals surface area contributed by atoms with Gasteiger partial charge in [-0.1, -0.05) is 24.3 Å². The Morgan fingerprint density at radius 1 is 0.962 bits per heavy atom. The molecule has 0 N–H and O–H groups in total. The van der Waals surface area contributed by atoms with Crippen molar-refractivity contribution in [3.63, 3.8) is 0 Å². The van der Waals surface area contributed by atoms with Gasteiger partial charge in [0.25, 0.3) is 5.69 Å². The van der Waals surface area contributed by atoms with Gasteiger partial charge in [-0.05, 0) is 17.7 Å². The molecule has 0 fully saturated rings. The summed E-state index contributed by atoms with van der Waals surface area (Å²) < 4.78 is 3.84. The highest BCUT2D eigenvalue weighted by Crippen LogP contribution is 2.22. The van der Waals surface area contributed by atoms with E-state index in [0.717, 1.165) is 33.4 Å². The summed E-state index contributed by atoms with van der Waals surface area (Å²) in [5.74, 6) is 0. The Hall–Kier alpha value is -3.81. The quantitative estimate of drug-likeness (QED) is 0.370. The molecule has 0 unspecified atom stereocenters. The van der Waals surface area contributed by atoms with Crippen LogP contribution >= 0.6 is 0 Å². The Morgan fingerprint density at radius 3 is 2.58 bits per heavy atom. The molecule has 5 aromatic rings. The monoisotopic (exact) mass is 344 g/mol. The SMILES string of the molecule is O=[N+]([O-])c1ccc(Cn2cnc3c2ncn2c4ccccc4nc32)cc1. The van der Waals surface area contributed by atoms with Gasteiger partial charge in [-0.3, -0.25) is 14.5 Å². The van der Waals surface area contributed by atoms with E-state index in [2.05, 4.69) is 15.0 Å². The van der Waals surface area contributed by atoms with Gasteiger partial charge in [0.1, 0.15) is 6.33 Å². The molecule has 8 nitrogen and oxygen atoms in total. The maximum Gasteiger partial charge on any atom is 0.269 e. The first-order valence-electron chi connectivity index (χ1n) is 8.01. The van der Waals surface area contributed by atoms with Crippen molar-refractivity contribution in [2.24, 2.45) is 0 Å². The summed E-state index contributed by atoms with van der Waals surface area (Å²) in [6.07, 6.45) is 3.47. The Kier molecular flexibility index (Phi) is 2.99. The van der Waals surface area contributed by atoms with Crippen molar-refractivity contribution in [1.82, 2.24) is 23.9 Å². The fourth-order valence-electron chi connectivity index (χ4n) is 3.15.